The first kappa shape index (κ1) is 23.1. The van der Waals surface area contributed by atoms with Crippen molar-refractivity contribution in [3.63, 3.8) is 0 Å². The smallest absolute Gasteiger partial charge is 0.279 e. The Bertz CT molecular complexity index is 1400. The first-order chi connectivity index (χ1) is 16.4. The SMILES string of the molecule is CCn1c(=NC(=O)c2ccc(S(=O)(=O)N3CCC(C)CC3)cc2)sc2cc3c(cc21)OCCO3. The Balaban J connectivity index is 1.43. The molecule has 5 rings (SSSR count). The van der Waals surface area contributed by atoms with E-state index >= 15 is 0 Å². The standard InChI is InChI=1S/C24H27N3O5S2/c1-3-27-19-14-20-21(32-13-12-31-20)15-22(19)33-24(27)25-23(28)17-4-6-18(7-5-17)34(29,30)26-10-8-16(2)9-11-26/h4-7,14-16H,3,8-13H2,1-2H3. The van der Waals surface area contributed by atoms with E-state index in [-0.39, 0.29) is 4.90 Å². The number of nitrogens with zero attached hydrogens (tertiary/aromatic N) is 3. The monoisotopic (exact) mass is 501 g/mol. The van der Waals surface area contributed by atoms with Gasteiger partial charge < -0.3 is 14.0 Å². The molecule has 2 aliphatic heterocycles. The highest BCUT2D eigenvalue weighted by molar-refractivity contribution is 7.89. The number of rotatable bonds is 4. The predicted octanol–water partition coefficient (Wildman–Crippen LogP) is 3.66. The van der Waals surface area contributed by atoms with Gasteiger partial charge in [0.2, 0.25) is 10.0 Å². The number of benzene rings is 2. The number of thiazole rings is 1. The number of aryl methyl sites for hydroxylation is 1. The van der Waals surface area contributed by atoms with Crippen LogP contribution in [0, 0.1) is 5.92 Å². The first-order valence-electron chi connectivity index (χ1n) is 11.5. The van der Waals surface area contributed by atoms with E-state index in [2.05, 4.69) is 11.9 Å². The van der Waals surface area contributed by atoms with Gasteiger partial charge >= 0.3 is 0 Å². The maximum absolute atomic E-state index is 13.0. The second kappa shape index (κ2) is 9.16. The fourth-order valence-corrected chi connectivity index (χ4v) is 6.86. The maximum Gasteiger partial charge on any atom is 0.279 e. The maximum atomic E-state index is 13.0. The summed E-state index contributed by atoms with van der Waals surface area (Å²) >= 11 is 1.41. The fraction of sp³-hybridized carbons (Fsp3) is 0.417. The van der Waals surface area contributed by atoms with Crippen molar-refractivity contribution < 1.29 is 22.7 Å². The summed E-state index contributed by atoms with van der Waals surface area (Å²) in [4.78, 5) is 18.1. The lowest BCUT2D eigenvalue weighted by Crippen LogP contribution is -2.37. The summed E-state index contributed by atoms with van der Waals surface area (Å²) in [5, 5.41) is 0. The second-order valence-corrected chi connectivity index (χ2v) is 11.6. The van der Waals surface area contributed by atoms with Gasteiger partial charge in [-0.15, -0.1) is 0 Å². The van der Waals surface area contributed by atoms with Gasteiger partial charge in [-0.3, -0.25) is 4.79 Å². The van der Waals surface area contributed by atoms with Gasteiger partial charge in [-0.1, -0.05) is 18.3 Å². The molecule has 0 aliphatic carbocycles. The van der Waals surface area contributed by atoms with Crippen molar-refractivity contribution in [2.75, 3.05) is 26.3 Å². The third kappa shape index (κ3) is 4.25. The number of hydrogen-bond donors (Lipinski definition) is 0. The quantitative estimate of drug-likeness (QED) is 0.544. The molecule has 0 atom stereocenters. The summed E-state index contributed by atoms with van der Waals surface area (Å²) in [5.41, 5.74) is 1.28. The van der Waals surface area contributed by atoms with E-state index in [1.54, 1.807) is 0 Å². The molecule has 0 spiro atoms. The molecule has 2 aromatic carbocycles. The van der Waals surface area contributed by atoms with E-state index in [9.17, 15) is 13.2 Å². The molecule has 0 bridgehead atoms. The van der Waals surface area contributed by atoms with Gasteiger partial charge in [-0.25, -0.2) is 8.42 Å². The Hall–Kier alpha value is -2.69. The number of sulfonamides is 1. The Kier molecular flexibility index (Phi) is 6.22. The minimum absolute atomic E-state index is 0.203. The van der Waals surface area contributed by atoms with Crippen LogP contribution in [0.1, 0.15) is 37.0 Å². The summed E-state index contributed by atoms with van der Waals surface area (Å²) in [6.07, 6.45) is 1.73. The largest absolute Gasteiger partial charge is 0.486 e. The van der Waals surface area contributed by atoms with Crippen molar-refractivity contribution in [2.45, 2.75) is 38.1 Å². The molecule has 2 aliphatic rings. The van der Waals surface area contributed by atoms with Crippen LogP contribution >= 0.6 is 11.3 Å². The minimum Gasteiger partial charge on any atom is -0.486 e. The van der Waals surface area contributed by atoms with E-state index in [4.69, 9.17) is 9.47 Å². The van der Waals surface area contributed by atoms with Crippen LogP contribution < -0.4 is 14.3 Å². The third-order valence-corrected chi connectivity index (χ3v) is 9.30. The molecule has 1 aromatic heterocycles. The van der Waals surface area contributed by atoms with E-state index in [0.29, 0.717) is 60.6 Å². The number of fused-ring (bicyclic) bond motifs is 2. The Morgan fingerprint density at radius 1 is 1.09 bits per heavy atom. The normalized spacial score (nSPS) is 17.9. The number of ether oxygens (including phenoxy) is 2. The summed E-state index contributed by atoms with van der Waals surface area (Å²) < 4.78 is 41.7. The molecule has 10 heteroatoms. The van der Waals surface area contributed by atoms with Gasteiger partial charge in [-0.2, -0.15) is 9.30 Å². The van der Waals surface area contributed by atoms with Crippen LogP contribution in [-0.4, -0.2) is 49.5 Å². The van der Waals surface area contributed by atoms with Crippen LogP contribution in [0.4, 0.5) is 0 Å². The Labute approximate surface area is 202 Å². The number of aromatic nitrogens is 1. The summed E-state index contributed by atoms with van der Waals surface area (Å²) in [5.74, 6) is 1.51. The molecule has 3 heterocycles. The van der Waals surface area contributed by atoms with Crippen LogP contribution in [0.2, 0.25) is 0 Å². The molecule has 34 heavy (non-hydrogen) atoms. The third-order valence-electron chi connectivity index (χ3n) is 6.34. The van der Waals surface area contributed by atoms with Gasteiger partial charge in [0.05, 0.1) is 15.1 Å². The van der Waals surface area contributed by atoms with Crippen LogP contribution in [0.5, 0.6) is 11.5 Å². The number of amides is 1. The molecular weight excluding hydrogens is 474 g/mol. The number of carbonyl (C=O) groups excluding carboxylic acids is 1. The van der Waals surface area contributed by atoms with Crippen molar-refractivity contribution in [1.82, 2.24) is 8.87 Å². The number of piperidine rings is 1. The zero-order valence-corrected chi connectivity index (χ0v) is 20.8. The van der Waals surface area contributed by atoms with Crippen molar-refractivity contribution in [3.8, 4) is 11.5 Å². The van der Waals surface area contributed by atoms with E-state index in [1.807, 2.05) is 23.6 Å². The average Bonchev–Trinajstić information content (AvgIpc) is 3.18. The van der Waals surface area contributed by atoms with Crippen LogP contribution in [0.25, 0.3) is 10.2 Å². The Morgan fingerprint density at radius 3 is 2.38 bits per heavy atom. The molecule has 1 amide bonds. The van der Waals surface area contributed by atoms with Gasteiger partial charge in [0, 0.05) is 37.3 Å². The van der Waals surface area contributed by atoms with E-state index in [0.717, 1.165) is 23.1 Å². The van der Waals surface area contributed by atoms with Crippen LogP contribution in [0.3, 0.4) is 0 Å². The van der Waals surface area contributed by atoms with Crippen LogP contribution in [-0.2, 0) is 16.6 Å². The molecule has 1 saturated heterocycles. The second-order valence-electron chi connectivity index (χ2n) is 8.62. The molecule has 1 fully saturated rings. The zero-order chi connectivity index (χ0) is 23.9. The first-order valence-corrected chi connectivity index (χ1v) is 13.7. The van der Waals surface area contributed by atoms with E-state index in [1.165, 1.54) is 39.9 Å². The highest BCUT2D eigenvalue weighted by Gasteiger charge is 2.28. The fourth-order valence-electron chi connectivity index (χ4n) is 4.29. The highest BCUT2D eigenvalue weighted by atomic mass is 32.2. The molecule has 0 unspecified atom stereocenters. The van der Waals surface area contributed by atoms with Gasteiger partial charge in [0.25, 0.3) is 5.91 Å². The molecule has 0 radical (unpaired) electrons. The van der Waals surface area contributed by atoms with E-state index < -0.39 is 15.9 Å². The summed E-state index contributed by atoms with van der Waals surface area (Å²) in [6, 6.07) is 9.92. The topological polar surface area (TPSA) is 90.2 Å². The Morgan fingerprint density at radius 2 is 1.74 bits per heavy atom. The zero-order valence-electron chi connectivity index (χ0n) is 19.2. The molecule has 0 N–H and O–H groups in total. The predicted molar refractivity (Wildman–Crippen MR) is 130 cm³/mol. The summed E-state index contributed by atoms with van der Waals surface area (Å²) in [7, 11) is -3.56. The lowest BCUT2D eigenvalue weighted by Gasteiger charge is -2.29. The summed E-state index contributed by atoms with van der Waals surface area (Å²) in [6.45, 7) is 6.85. The minimum atomic E-state index is -3.56. The van der Waals surface area contributed by atoms with Crippen LogP contribution in [0.15, 0.2) is 46.3 Å². The van der Waals surface area contributed by atoms with Gasteiger partial charge in [0.1, 0.15) is 13.2 Å². The lowest BCUT2D eigenvalue weighted by molar-refractivity contribution is 0.0997. The average molecular weight is 502 g/mol. The van der Waals surface area contributed by atoms with Crippen molar-refractivity contribution in [2.24, 2.45) is 10.9 Å². The van der Waals surface area contributed by atoms with Crippen molar-refractivity contribution >= 4 is 37.5 Å². The van der Waals surface area contributed by atoms with Crippen molar-refractivity contribution in [1.29, 1.82) is 0 Å². The number of hydrogen-bond acceptors (Lipinski definition) is 6. The van der Waals surface area contributed by atoms with Gasteiger partial charge in [-0.05, 0) is 49.9 Å². The molecule has 8 nitrogen and oxygen atoms in total. The number of carbonyl (C=O) groups is 1. The lowest BCUT2D eigenvalue weighted by atomic mass is 10.0. The molecule has 3 aromatic rings. The van der Waals surface area contributed by atoms with Gasteiger partial charge in [0.15, 0.2) is 16.3 Å². The molecular formula is C24H27N3O5S2. The highest BCUT2D eigenvalue weighted by Crippen LogP contribution is 2.35. The molecule has 180 valence electrons. The van der Waals surface area contributed by atoms with Crippen molar-refractivity contribution in [3.05, 3.63) is 46.8 Å². The molecule has 0 saturated carbocycles.